The van der Waals surface area contributed by atoms with Crippen LogP contribution in [-0.2, 0) is 0 Å². The summed E-state index contributed by atoms with van der Waals surface area (Å²) in [5, 5.41) is 9.99. The number of H-pyrrole nitrogens is 1. The third-order valence-electron chi connectivity index (χ3n) is 7.98. The summed E-state index contributed by atoms with van der Waals surface area (Å²) in [4.78, 5) is 14.9. The Balaban J connectivity index is 1.46. The Labute approximate surface area is 282 Å². The largest absolute Gasteiger partial charge is 0.388 e. The lowest BCUT2D eigenvalue weighted by Gasteiger charge is -2.15. The number of aromatic nitrogens is 3. The fourth-order valence-electron chi connectivity index (χ4n) is 5.41. The van der Waals surface area contributed by atoms with Gasteiger partial charge in [-0.25, -0.2) is 9.37 Å². The van der Waals surface area contributed by atoms with E-state index in [2.05, 4.69) is 68.8 Å². The smallest absolute Gasteiger partial charge is 0.138 e. The van der Waals surface area contributed by atoms with E-state index in [0.29, 0.717) is 34.7 Å². The van der Waals surface area contributed by atoms with Crippen molar-refractivity contribution in [3.05, 3.63) is 151 Å². The molecule has 0 saturated carbocycles. The third kappa shape index (κ3) is 7.79. The zero-order chi connectivity index (χ0) is 34.2. The fourth-order valence-corrected chi connectivity index (χ4v) is 5.41. The van der Waals surface area contributed by atoms with Crippen LogP contribution in [-0.4, -0.2) is 54.1 Å². The number of hydrogen-bond donors (Lipinski definition) is 4. The normalized spacial score (nSPS) is 11.9. The Hall–Kier alpha value is -5.73. The molecule has 8 heteroatoms. The van der Waals surface area contributed by atoms with E-state index in [1.165, 1.54) is 12.1 Å². The van der Waals surface area contributed by atoms with Crippen molar-refractivity contribution in [2.75, 3.05) is 44.9 Å². The highest BCUT2D eigenvalue weighted by atomic mass is 19.1. The van der Waals surface area contributed by atoms with Crippen LogP contribution in [0.15, 0.2) is 123 Å². The first-order valence-electron chi connectivity index (χ1n) is 15.8. The van der Waals surface area contributed by atoms with Crippen LogP contribution in [0, 0.1) is 5.82 Å². The van der Waals surface area contributed by atoms with Crippen molar-refractivity contribution in [1.82, 2.24) is 25.2 Å². The summed E-state index contributed by atoms with van der Waals surface area (Å²) in [6.45, 7) is 16.2. The number of imidazole rings is 1. The predicted octanol–water partition coefficient (Wildman–Crippen LogP) is 8.57. The van der Waals surface area contributed by atoms with Crippen molar-refractivity contribution in [3.63, 3.8) is 0 Å². The summed E-state index contributed by atoms with van der Waals surface area (Å²) in [5.41, 5.74) is 10.6. The monoisotopic (exact) mass is 639 g/mol. The van der Waals surface area contributed by atoms with Crippen LogP contribution in [0.4, 0.5) is 15.8 Å². The van der Waals surface area contributed by atoms with E-state index in [0.717, 1.165) is 57.0 Å². The van der Waals surface area contributed by atoms with Gasteiger partial charge in [0.15, 0.2) is 0 Å². The number of nitrogens with one attached hydrogen (secondary N) is 4. The van der Waals surface area contributed by atoms with Crippen LogP contribution in [0.5, 0.6) is 0 Å². The molecule has 0 fully saturated rings. The molecule has 0 aliphatic carbocycles. The second kappa shape index (κ2) is 15.2. The minimum atomic E-state index is -0.333. The number of hydrogen-bond acceptors (Lipinski definition) is 6. The number of aromatic amines is 1. The van der Waals surface area contributed by atoms with Crippen molar-refractivity contribution >= 4 is 39.3 Å². The predicted molar refractivity (Wildman–Crippen MR) is 201 cm³/mol. The Morgan fingerprint density at radius 3 is 2.50 bits per heavy atom. The molecule has 2 heterocycles. The van der Waals surface area contributed by atoms with Gasteiger partial charge in [-0.15, -0.1) is 0 Å². The van der Waals surface area contributed by atoms with Gasteiger partial charge < -0.3 is 25.8 Å². The molecule has 0 spiro atoms. The summed E-state index contributed by atoms with van der Waals surface area (Å²) in [5.74, 6) is 0.263. The zero-order valence-electron chi connectivity index (χ0n) is 28.0. The maximum atomic E-state index is 14.8. The number of halogens is 1. The number of fused-ring (bicyclic) bond motifs is 1. The molecule has 0 radical (unpaired) electrons. The average Bonchev–Trinajstić information content (AvgIpc) is 3.54. The Morgan fingerprint density at radius 1 is 1.00 bits per heavy atom. The maximum Gasteiger partial charge on any atom is 0.138 e. The molecule has 0 saturated heterocycles. The van der Waals surface area contributed by atoms with E-state index in [4.69, 9.17) is 4.98 Å². The third-order valence-corrected chi connectivity index (χ3v) is 7.98. The first-order valence-corrected chi connectivity index (χ1v) is 15.8. The Morgan fingerprint density at radius 2 is 1.79 bits per heavy atom. The number of pyridine rings is 1. The van der Waals surface area contributed by atoms with Crippen LogP contribution < -0.4 is 16.0 Å². The lowest BCUT2D eigenvalue weighted by Crippen LogP contribution is -2.20. The summed E-state index contributed by atoms with van der Waals surface area (Å²) < 4.78 is 14.8. The molecule has 4 N–H and O–H groups in total. The number of nitrogens with zero attached hydrogens (tertiary/aromatic N) is 3. The number of allylic oxidation sites excluding steroid dienone is 4. The van der Waals surface area contributed by atoms with E-state index in [1.54, 1.807) is 18.5 Å². The van der Waals surface area contributed by atoms with Gasteiger partial charge in [0, 0.05) is 65.8 Å². The topological polar surface area (TPSA) is 80.9 Å². The van der Waals surface area contributed by atoms with E-state index < -0.39 is 0 Å². The lowest BCUT2D eigenvalue weighted by atomic mass is 9.96. The minimum absolute atomic E-state index is 0.333. The van der Waals surface area contributed by atoms with Gasteiger partial charge in [-0.05, 0) is 85.8 Å². The van der Waals surface area contributed by atoms with Gasteiger partial charge in [0.1, 0.15) is 11.6 Å². The van der Waals surface area contributed by atoms with Crippen molar-refractivity contribution < 1.29 is 4.39 Å². The number of rotatable bonds is 14. The van der Waals surface area contributed by atoms with Crippen LogP contribution >= 0.6 is 0 Å². The van der Waals surface area contributed by atoms with Crippen LogP contribution in [0.3, 0.4) is 0 Å². The molecule has 5 aromatic rings. The molecule has 0 atom stereocenters. The van der Waals surface area contributed by atoms with Crippen LogP contribution in [0.1, 0.15) is 29.4 Å². The molecule has 244 valence electrons. The van der Waals surface area contributed by atoms with Crippen molar-refractivity contribution in [3.8, 4) is 11.1 Å². The quantitative estimate of drug-likeness (QED) is 0.0912. The van der Waals surface area contributed by atoms with E-state index >= 15 is 0 Å². The molecule has 7 nitrogen and oxygen atoms in total. The molecular formula is C40H42FN7. The molecule has 2 aromatic heterocycles. The number of benzene rings is 3. The summed E-state index contributed by atoms with van der Waals surface area (Å²) in [7, 11) is 5.89. The van der Waals surface area contributed by atoms with Crippen molar-refractivity contribution in [2.24, 2.45) is 0 Å². The highest BCUT2D eigenvalue weighted by Crippen LogP contribution is 2.34. The standard InChI is InChI=1S/C40H42FN7/c1-8-28(20-33(9-2)45-27(4)29-13-11-10-12-14-29)30-15-16-37(42-5)35(22-30)26(3)40-46-38-25-43-24-36(39(38)47-40)31-19-32(41)23-34(21-31)44-17-18-48(6)7/h8-16,19-25,42,44-45H,2-4,17-18H2,1,5-7H3,(H,46,47)/b28-8+,33-20+. The van der Waals surface area contributed by atoms with Gasteiger partial charge in [-0.2, -0.15) is 0 Å². The zero-order valence-corrected chi connectivity index (χ0v) is 28.0. The second-order valence-corrected chi connectivity index (χ2v) is 11.6. The second-order valence-electron chi connectivity index (χ2n) is 11.6. The van der Waals surface area contributed by atoms with Crippen molar-refractivity contribution in [2.45, 2.75) is 6.92 Å². The van der Waals surface area contributed by atoms with Gasteiger partial charge in [-0.3, -0.25) is 4.98 Å². The van der Waals surface area contributed by atoms with Crippen molar-refractivity contribution in [1.29, 1.82) is 0 Å². The van der Waals surface area contributed by atoms with E-state index in [1.807, 2.05) is 76.6 Å². The fraction of sp³-hybridized carbons (Fsp3) is 0.150. The summed E-state index contributed by atoms with van der Waals surface area (Å²) in [6.07, 6.45) is 9.32. The molecule has 0 aliphatic rings. The lowest BCUT2D eigenvalue weighted by molar-refractivity contribution is 0.425. The van der Waals surface area contributed by atoms with E-state index in [9.17, 15) is 4.39 Å². The molecule has 0 bridgehead atoms. The van der Waals surface area contributed by atoms with Gasteiger partial charge in [0.05, 0.1) is 17.2 Å². The highest BCUT2D eigenvalue weighted by molar-refractivity contribution is 5.95. The maximum absolute atomic E-state index is 14.8. The number of anilines is 2. The van der Waals surface area contributed by atoms with Gasteiger partial charge in [0.2, 0.25) is 0 Å². The Kier molecular flexibility index (Phi) is 10.7. The summed E-state index contributed by atoms with van der Waals surface area (Å²) >= 11 is 0. The molecule has 0 unspecified atom stereocenters. The molecule has 0 amide bonds. The van der Waals surface area contributed by atoms with Gasteiger partial charge in [0.25, 0.3) is 0 Å². The van der Waals surface area contributed by atoms with Crippen LogP contribution in [0.2, 0.25) is 0 Å². The molecule has 5 rings (SSSR count). The van der Waals surface area contributed by atoms with Gasteiger partial charge >= 0.3 is 0 Å². The number of likely N-dealkylation sites (N-methyl/N-ethyl adjacent to an activating group) is 1. The molecule has 48 heavy (non-hydrogen) atoms. The molecule has 0 aliphatic heterocycles. The first-order chi connectivity index (χ1) is 23.2. The molecule has 3 aromatic carbocycles. The van der Waals surface area contributed by atoms with E-state index in [-0.39, 0.29) is 5.82 Å². The summed E-state index contributed by atoms with van der Waals surface area (Å²) in [6, 6.07) is 21.1. The SMILES string of the molecule is C=C/C(=C\C(=C/C)c1ccc(NC)c(C(=C)c2nc3c(-c4cc(F)cc(NCCN(C)C)c4)cncc3[nH]2)c1)NC(=C)c1ccccc1. The average molecular weight is 640 g/mol. The highest BCUT2D eigenvalue weighted by Gasteiger charge is 2.17. The minimum Gasteiger partial charge on any atom is -0.388 e. The molecular weight excluding hydrogens is 597 g/mol. The van der Waals surface area contributed by atoms with Gasteiger partial charge in [-0.1, -0.05) is 62.2 Å². The first kappa shape index (κ1) is 33.6. The van der Waals surface area contributed by atoms with Crippen LogP contribution in [0.25, 0.3) is 39.0 Å². The Bertz CT molecular complexity index is 2020.